The number of hydrogen-bond donors (Lipinski definition) is 0. The number of carbonyl (C=O) groups excluding carboxylic acids is 1. The summed E-state index contributed by atoms with van der Waals surface area (Å²) in [6.07, 6.45) is 2.35. The molecular weight excluding hydrogens is 422 g/mol. The lowest BCUT2D eigenvalue weighted by Gasteiger charge is -2.21. The van der Waals surface area contributed by atoms with Gasteiger partial charge in [-0.3, -0.25) is 9.69 Å². The van der Waals surface area contributed by atoms with E-state index in [4.69, 9.17) is 4.98 Å². The molecule has 1 amide bonds. The Morgan fingerprint density at radius 1 is 1.00 bits per heavy atom. The maximum Gasteiger partial charge on any atom is 0.228 e. The summed E-state index contributed by atoms with van der Waals surface area (Å²) in [7, 11) is 4.14. The van der Waals surface area contributed by atoms with Gasteiger partial charge in [-0.15, -0.1) is 11.8 Å². The third-order valence-corrected chi connectivity index (χ3v) is 7.48. The maximum absolute atomic E-state index is 13.2. The third-order valence-electron chi connectivity index (χ3n) is 5.15. The van der Waals surface area contributed by atoms with Crippen LogP contribution in [0.2, 0.25) is 0 Å². The quantitative estimate of drug-likeness (QED) is 0.274. The molecule has 1 aromatic heterocycles. The Hall–Kier alpha value is -1.89. The van der Waals surface area contributed by atoms with Crippen LogP contribution in [0.3, 0.4) is 0 Å². The van der Waals surface area contributed by atoms with Crippen molar-refractivity contribution in [2.24, 2.45) is 0 Å². The normalized spacial score (nSPS) is 11.4. The van der Waals surface area contributed by atoms with Gasteiger partial charge in [-0.05, 0) is 89.3 Å². The molecule has 0 aliphatic rings. The highest BCUT2D eigenvalue weighted by molar-refractivity contribution is 7.99. The van der Waals surface area contributed by atoms with E-state index in [1.54, 1.807) is 11.3 Å². The lowest BCUT2D eigenvalue weighted by molar-refractivity contribution is -0.118. The fraction of sp³-hybridized carbons (Fsp3) is 0.440. The van der Waals surface area contributed by atoms with Crippen LogP contribution in [-0.4, -0.2) is 48.7 Å². The van der Waals surface area contributed by atoms with Crippen LogP contribution in [0.1, 0.15) is 36.0 Å². The van der Waals surface area contributed by atoms with Crippen molar-refractivity contribution in [3.05, 3.63) is 53.1 Å². The van der Waals surface area contributed by atoms with Crippen molar-refractivity contribution < 1.29 is 4.79 Å². The smallest absolute Gasteiger partial charge is 0.228 e. The van der Waals surface area contributed by atoms with Gasteiger partial charge in [0.1, 0.15) is 0 Å². The number of carbonyl (C=O) groups is 1. The van der Waals surface area contributed by atoms with Gasteiger partial charge in [0.25, 0.3) is 0 Å². The molecule has 0 saturated carbocycles. The summed E-state index contributed by atoms with van der Waals surface area (Å²) in [5.74, 6) is 1.12. The fourth-order valence-corrected chi connectivity index (χ4v) is 5.45. The highest BCUT2D eigenvalue weighted by Crippen LogP contribution is 2.32. The SMILES string of the molecule is Cc1ccc(SCCCC(=O)N(CCCN(C)C)c2nc3cc(C)cc(C)c3s2)cc1. The molecule has 0 saturated heterocycles. The number of thiazole rings is 1. The molecule has 6 heteroatoms. The number of aromatic nitrogens is 1. The van der Waals surface area contributed by atoms with Gasteiger partial charge in [0, 0.05) is 17.9 Å². The summed E-state index contributed by atoms with van der Waals surface area (Å²) < 4.78 is 1.18. The van der Waals surface area contributed by atoms with E-state index in [1.165, 1.54) is 26.3 Å². The molecular formula is C25H33N3OS2. The number of rotatable bonds is 10. The Morgan fingerprint density at radius 2 is 1.74 bits per heavy atom. The number of hydrogen-bond acceptors (Lipinski definition) is 5. The fourth-order valence-electron chi connectivity index (χ4n) is 3.54. The second-order valence-corrected chi connectivity index (χ2v) is 10.5. The van der Waals surface area contributed by atoms with Crippen LogP contribution < -0.4 is 4.90 Å². The first-order valence-corrected chi connectivity index (χ1v) is 12.7. The van der Waals surface area contributed by atoms with Crippen LogP contribution in [0.15, 0.2) is 41.3 Å². The first kappa shape index (κ1) is 23.8. The van der Waals surface area contributed by atoms with E-state index >= 15 is 0 Å². The zero-order valence-electron chi connectivity index (χ0n) is 19.3. The molecule has 3 rings (SSSR count). The molecule has 3 aromatic rings. The summed E-state index contributed by atoms with van der Waals surface area (Å²) in [6.45, 7) is 7.98. The van der Waals surface area contributed by atoms with E-state index in [-0.39, 0.29) is 5.91 Å². The second-order valence-electron chi connectivity index (χ2n) is 8.39. The molecule has 0 spiro atoms. The lowest BCUT2D eigenvalue weighted by atomic mass is 10.1. The molecule has 2 aromatic carbocycles. The number of benzene rings is 2. The number of fused-ring (bicyclic) bond motifs is 1. The molecule has 31 heavy (non-hydrogen) atoms. The molecule has 0 aliphatic heterocycles. The minimum absolute atomic E-state index is 0.177. The summed E-state index contributed by atoms with van der Waals surface area (Å²) in [5, 5.41) is 0.832. The monoisotopic (exact) mass is 455 g/mol. The number of anilines is 1. The first-order valence-electron chi connectivity index (χ1n) is 10.9. The van der Waals surface area contributed by atoms with Crippen LogP contribution in [-0.2, 0) is 4.79 Å². The molecule has 0 N–H and O–H groups in total. The van der Waals surface area contributed by atoms with Crippen LogP contribution in [0.4, 0.5) is 5.13 Å². The van der Waals surface area contributed by atoms with Crippen molar-refractivity contribution in [3.8, 4) is 0 Å². The first-order chi connectivity index (χ1) is 14.8. The third kappa shape index (κ3) is 6.79. The molecule has 0 aliphatic carbocycles. The second kappa shape index (κ2) is 11.1. The van der Waals surface area contributed by atoms with Crippen molar-refractivity contribution >= 4 is 44.4 Å². The van der Waals surface area contributed by atoms with Crippen LogP contribution in [0.5, 0.6) is 0 Å². The minimum Gasteiger partial charge on any atom is -0.309 e. The molecule has 4 nitrogen and oxygen atoms in total. The van der Waals surface area contributed by atoms with Crippen molar-refractivity contribution in [3.63, 3.8) is 0 Å². The number of amides is 1. The predicted molar refractivity (Wildman–Crippen MR) is 136 cm³/mol. The van der Waals surface area contributed by atoms with Gasteiger partial charge in [0.2, 0.25) is 5.91 Å². The van der Waals surface area contributed by atoms with Gasteiger partial charge in [0.15, 0.2) is 5.13 Å². The Balaban J connectivity index is 1.66. The Bertz CT molecular complexity index is 1010. The van der Waals surface area contributed by atoms with E-state index < -0.39 is 0 Å². The van der Waals surface area contributed by atoms with E-state index in [0.717, 1.165) is 35.8 Å². The molecule has 1 heterocycles. The van der Waals surface area contributed by atoms with Crippen LogP contribution >= 0.6 is 23.1 Å². The van der Waals surface area contributed by atoms with Crippen LogP contribution in [0, 0.1) is 20.8 Å². The zero-order valence-corrected chi connectivity index (χ0v) is 20.9. The van der Waals surface area contributed by atoms with Gasteiger partial charge in [-0.2, -0.15) is 0 Å². The number of thioether (sulfide) groups is 1. The topological polar surface area (TPSA) is 36.4 Å². The van der Waals surface area contributed by atoms with Crippen LogP contribution in [0.25, 0.3) is 10.2 Å². The molecule has 166 valence electrons. The Morgan fingerprint density at radius 3 is 2.45 bits per heavy atom. The Kier molecular flexibility index (Phi) is 8.52. The average Bonchev–Trinajstić information content (AvgIpc) is 3.13. The van der Waals surface area contributed by atoms with Gasteiger partial charge in [-0.1, -0.05) is 35.1 Å². The molecule has 0 atom stereocenters. The largest absolute Gasteiger partial charge is 0.309 e. The number of nitrogens with zero attached hydrogens (tertiary/aromatic N) is 3. The molecule has 0 radical (unpaired) electrons. The van der Waals surface area contributed by atoms with Crippen molar-refractivity contribution in [1.82, 2.24) is 9.88 Å². The molecule has 0 fully saturated rings. The summed E-state index contributed by atoms with van der Waals surface area (Å²) in [4.78, 5) is 23.4. The van der Waals surface area contributed by atoms with Crippen molar-refractivity contribution in [2.45, 2.75) is 44.9 Å². The van der Waals surface area contributed by atoms with E-state index in [1.807, 2.05) is 16.7 Å². The summed E-state index contributed by atoms with van der Waals surface area (Å²) in [6, 6.07) is 12.9. The minimum atomic E-state index is 0.177. The average molecular weight is 456 g/mol. The van der Waals surface area contributed by atoms with Crippen molar-refractivity contribution in [2.75, 3.05) is 37.8 Å². The standard InChI is InChI=1S/C25H33N3OS2/c1-18-9-11-21(12-10-18)30-15-6-8-23(29)28(14-7-13-27(4)5)25-26-22-17-19(2)16-20(3)24(22)31-25/h9-12,16-17H,6-8,13-15H2,1-5H3. The number of aryl methyl sites for hydroxylation is 3. The van der Waals surface area contributed by atoms with Gasteiger partial charge in [0.05, 0.1) is 10.2 Å². The highest BCUT2D eigenvalue weighted by atomic mass is 32.2. The zero-order chi connectivity index (χ0) is 22.4. The maximum atomic E-state index is 13.2. The van der Waals surface area contributed by atoms with E-state index in [0.29, 0.717) is 13.0 Å². The summed E-state index contributed by atoms with van der Waals surface area (Å²) >= 11 is 3.46. The van der Waals surface area contributed by atoms with Crippen molar-refractivity contribution in [1.29, 1.82) is 0 Å². The molecule has 0 unspecified atom stereocenters. The van der Waals surface area contributed by atoms with Gasteiger partial charge in [-0.25, -0.2) is 4.98 Å². The molecule has 0 bridgehead atoms. The Labute approximate surface area is 194 Å². The van der Waals surface area contributed by atoms with E-state index in [9.17, 15) is 4.79 Å². The predicted octanol–water partition coefficient (Wildman–Crippen LogP) is 6.08. The van der Waals surface area contributed by atoms with Gasteiger partial charge < -0.3 is 4.90 Å². The highest BCUT2D eigenvalue weighted by Gasteiger charge is 2.20. The lowest BCUT2D eigenvalue weighted by Crippen LogP contribution is -2.33. The summed E-state index contributed by atoms with van der Waals surface area (Å²) in [5.41, 5.74) is 4.71. The van der Waals surface area contributed by atoms with Gasteiger partial charge >= 0.3 is 0 Å². The van der Waals surface area contributed by atoms with E-state index in [2.05, 4.69) is 76.2 Å².